The lowest BCUT2D eigenvalue weighted by Gasteiger charge is -2.69. The summed E-state index contributed by atoms with van der Waals surface area (Å²) in [5, 5.41) is 0. The highest BCUT2D eigenvalue weighted by Gasteiger charge is 2.76. The van der Waals surface area contributed by atoms with Crippen LogP contribution in [0.15, 0.2) is 42.5 Å². The molecule has 1 aromatic carbocycles. The van der Waals surface area contributed by atoms with Gasteiger partial charge in [0.25, 0.3) is 10.1 Å². The van der Waals surface area contributed by atoms with E-state index < -0.39 is 27.1 Å². The van der Waals surface area contributed by atoms with Gasteiger partial charge in [0, 0.05) is 5.41 Å². The predicted molar refractivity (Wildman–Crippen MR) is 125 cm³/mol. The first-order valence-electron chi connectivity index (χ1n) is 12.5. The van der Waals surface area contributed by atoms with E-state index in [2.05, 4.69) is 13.5 Å². The molecule has 0 N–H and O–H groups in total. The van der Waals surface area contributed by atoms with Crippen molar-refractivity contribution in [3.63, 3.8) is 0 Å². The first-order valence-corrected chi connectivity index (χ1v) is 14.1. The molecule has 1 heterocycles. The zero-order valence-electron chi connectivity index (χ0n) is 19.6. The molecule has 1 aliphatic heterocycles. The molecule has 0 amide bonds. The minimum absolute atomic E-state index is 0.0528. The molecule has 4 unspecified atom stereocenters. The average Bonchev–Trinajstić information content (AvgIpc) is 2.80. The third kappa shape index (κ3) is 2.86. The maximum atomic E-state index is 13.9. The van der Waals surface area contributed by atoms with Crippen molar-refractivity contribution in [2.24, 2.45) is 34.0 Å². The summed E-state index contributed by atoms with van der Waals surface area (Å²) in [5.74, 6) is -0.772. The zero-order chi connectivity index (χ0) is 23.9. The second-order valence-electron chi connectivity index (χ2n) is 11.6. The summed E-state index contributed by atoms with van der Waals surface area (Å²) in [6, 6.07) is 8.97. The van der Waals surface area contributed by atoms with Gasteiger partial charge in [0.1, 0.15) is 5.75 Å². The van der Waals surface area contributed by atoms with Crippen LogP contribution in [-0.4, -0.2) is 32.9 Å². The van der Waals surface area contributed by atoms with Gasteiger partial charge in [-0.1, -0.05) is 50.3 Å². The topological polar surface area (TPSA) is 86.7 Å². The van der Waals surface area contributed by atoms with Crippen molar-refractivity contribution in [1.29, 1.82) is 0 Å². The fraction of sp³-hybridized carbons (Fsp3) is 0.630. The van der Waals surface area contributed by atoms with Gasteiger partial charge in [0.05, 0.1) is 23.5 Å². The number of ketones is 1. The Morgan fingerprint density at radius 3 is 2.59 bits per heavy atom. The highest BCUT2D eigenvalue weighted by Crippen LogP contribution is 2.73. The predicted octanol–water partition coefficient (Wildman–Crippen LogP) is 4.20. The number of rotatable bonds is 4. The largest absolute Gasteiger partial charge is 0.465 e. The van der Waals surface area contributed by atoms with Crippen LogP contribution in [0.2, 0.25) is 0 Å². The van der Waals surface area contributed by atoms with Crippen LogP contribution in [0, 0.1) is 34.0 Å². The van der Waals surface area contributed by atoms with Crippen LogP contribution in [-0.2, 0) is 34.4 Å². The Labute approximate surface area is 201 Å². The molecule has 0 radical (unpaired) electrons. The van der Waals surface area contributed by atoms with Crippen molar-refractivity contribution in [3.05, 3.63) is 48.0 Å². The molecule has 7 rings (SSSR count). The highest BCUT2D eigenvalue weighted by atomic mass is 32.2. The molecule has 6 fully saturated rings. The lowest BCUT2D eigenvalue weighted by atomic mass is 9.35. The van der Waals surface area contributed by atoms with E-state index in [9.17, 15) is 18.0 Å². The number of esters is 1. The third-order valence-corrected chi connectivity index (χ3v) is 11.3. The second kappa shape index (κ2) is 7.26. The number of fused-ring (bicyclic) bond motifs is 2. The van der Waals surface area contributed by atoms with Crippen molar-refractivity contribution < 1.29 is 26.9 Å². The van der Waals surface area contributed by atoms with Gasteiger partial charge < -0.3 is 4.74 Å². The van der Waals surface area contributed by atoms with Crippen LogP contribution in [0.5, 0.6) is 0 Å². The molecule has 34 heavy (non-hydrogen) atoms. The van der Waals surface area contributed by atoms with Gasteiger partial charge in [-0.25, -0.2) is 0 Å². The standard InChI is InChI=1S/C27H32O6S/c1-17-19-9-12-27(23(17)28)21(13-19)26-11-6-10-25(2,16-32-24(26)29)20(26)14-22(27)33-34(30,31)15-18-7-4-3-5-8-18/h3-5,7-8,19-22H,1,6,9-16H2,2H3/t19-,20?,21?,22+,25-,26?,27?/m0/s1. The fourth-order valence-electron chi connectivity index (χ4n) is 8.60. The first-order chi connectivity index (χ1) is 16.1. The number of carbonyl (C=O) groups is 2. The van der Waals surface area contributed by atoms with Gasteiger partial charge in [-0.05, 0) is 67.4 Å². The van der Waals surface area contributed by atoms with E-state index >= 15 is 0 Å². The minimum Gasteiger partial charge on any atom is -0.465 e. The normalized spacial score (nSPS) is 43.1. The molecule has 4 bridgehead atoms. The molecule has 1 spiro atoms. The first kappa shape index (κ1) is 22.5. The summed E-state index contributed by atoms with van der Waals surface area (Å²) in [7, 11) is -3.95. The molecule has 0 aromatic heterocycles. The number of hydrogen-bond donors (Lipinski definition) is 0. The van der Waals surface area contributed by atoms with Crippen LogP contribution < -0.4 is 0 Å². The van der Waals surface area contributed by atoms with Gasteiger partial charge in [0.15, 0.2) is 5.78 Å². The summed E-state index contributed by atoms with van der Waals surface area (Å²) in [4.78, 5) is 27.4. The summed E-state index contributed by atoms with van der Waals surface area (Å²) < 4.78 is 38.5. The molecular weight excluding hydrogens is 452 g/mol. The molecule has 1 aromatic rings. The lowest BCUT2D eigenvalue weighted by molar-refractivity contribution is -0.251. The van der Waals surface area contributed by atoms with Gasteiger partial charge in [-0.3, -0.25) is 13.8 Å². The quantitative estimate of drug-likeness (QED) is 0.362. The van der Waals surface area contributed by atoms with Gasteiger partial charge in [0.2, 0.25) is 0 Å². The van der Waals surface area contributed by atoms with Crippen molar-refractivity contribution in [3.8, 4) is 0 Å². The highest BCUT2D eigenvalue weighted by molar-refractivity contribution is 7.85. The molecule has 1 saturated heterocycles. The Hall–Kier alpha value is -1.99. The van der Waals surface area contributed by atoms with E-state index in [4.69, 9.17) is 8.92 Å². The van der Waals surface area contributed by atoms with E-state index in [0.29, 0.717) is 43.4 Å². The number of benzene rings is 1. The monoisotopic (exact) mass is 484 g/mol. The van der Waals surface area contributed by atoms with E-state index in [-0.39, 0.29) is 40.7 Å². The number of cyclic esters (lactones) is 1. The van der Waals surface area contributed by atoms with Crippen molar-refractivity contribution in [2.45, 2.75) is 63.7 Å². The molecule has 5 aliphatic carbocycles. The van der Waals surface area contributed by atoms with Gasteiger partial charge in [-0.15, -0.1) is 0 Å². The minimum atomic E-state index is -3.95. The van der Waals surface area contributed by atoms with E-state index in [1.807, 2.05) is 6.07 Å². The Balaban J connectivity index is 1.45. The Bertz CT molecular complexity index is 1170. The number of carbonyl (C=O) groups excluding carboxylic acids is 2. The molecule has 6 nitrogen and oxygen atoms in total. The van der Waals surface area contributed by atoms with Crippen molar-refractivity contribution >= 4 is 21.9 Å². The molecule has 182 valence electrons. The smallest absolute Gasteiger partial charge is 0.312 e. The average molecular weight is 485 g/mol. The molecule has 7 atom stereocenters. The summed E-state index contributed by atoms with van der Waals surface area (Å²) in [6.45, 7) is 6.62. The van der Waals surface area contributed by atoms with Crippen molar-refractivity contribution in [2.75, 3.05) is 6.61 Å². The summed E-state index contributed by atoms with van der Waals surface area (Å²) in [6.07, 6.45) is 4.18. The van der Waals surface area contributed by atoms with Crippen LogP contribution in [0.3, 0.4) is 0 Å². The summed E-state index contributed by atoms with van der Waals surface area (Å²) in [5.41, 5.74) is -0.759. The van der Waals surface area contributed by atoms with E-state index in [1.54, 1.807) is 24.3 Å². The number of Topliss-reactive ketones (excluding diaryl/α,β-unsaturated/α-hetero) is 1. The van der Waals surface area contributed by atoms with Gasteiger partial charge >= 0.3 is 5.97 Å². The van der Waals surface area contributed by atoms with Crippen LogP contribution in [0.25, 0.3) is 0 Å². The number of allylic oxidation sites excluding steroid dienone is 1. The van der Waals surface area contributed by atoms with Crippen LogP contribution in [0.1, 0.15) is 57.4 Å². The summed E-state index contributed by atoms with van der Waals surface area (Å²) >= 11 is 0. The lowest BCUT2D eigenvalue weighted by Crippen LogP contribution is -2.73. The number of hydrogen-bond acceptors (Lipinski definition) is 6. The number of ether oxygens (including phenoxy) is 1. The third-order valence-electron chi connectivity index (χ3n) is 10.1. The molecule has 5 saturated carbocycles. The maximum Gasteiger partial charge on any atom is 0.312 e. The molecule has 7 heteroatoms. The SMILES string of the molecule is C=C1C(=O)C23CC[C@H]1CC2C12CCC[C@@](C)(COC1=O)C2C[C@H]3OS(=O)(=O)Cc1ccccc1. The fourth-order valence-corrected chi connectivity index (χ4v) is 9.88. The van der Waals surface area contributed by atoms with Crippen LogP contribution >= 0.6 is 0 Å². The Morgan fingerprint density at radius 2 is 1.82 bits per heavy atom. The van der Waals surface area contributed by atoms with E-state index in [0.717, 1.165) is 19.3 Å². The van der Waals surface area contributed by atoms with Crippen molar-refractivity contribution in [1.82, 2.24) is 0 Å². The molecular formula is C27H32O6S. The Morgan fingerprint density at radius 1 is 1.06 bits per heavy atom. The Kier molecular flexibility index (Phi) is 4.80. The van der Waals surface area contributed by atoms with Crippen LogP contribution in [0.4, 0.5) is 0 Å². The maximum absolute atomic E-state index is 13.9. The second-order valence-corrected chi connectivity index (χ2v) is 13.2. The molecule has 6 aliphatic rings. The van der Waals surface area contributed by atoms with E-state index in [1.165, 1.54) is 0 Å². The van der Waals surface area contributed by atoms with Gasteiger partial charge in [-0.2, -0.15) is 8.42 Å². The zero-order valence-corrected chi connectivity index (χ0v) is 20.4.